The van der Waals surface area contributed by atoms with Crippen LogP contribution in [0, 0.1) is 0 Å². The summed E-state index contributed by atoms with van der Waals surface area (Å²) in [5.41, 5.74) is 4.41. The van der Waals surface area contributed by atoms with Crippen LogP contribution < -0.4 is 11.1 Å². The van der Waals surface area contributed by atoms with Crippen molar-refractivity contribution in [2.45, 2.75) is 38.7 Å². The number of amides is 2. The van der Waals surface area contributed by atoms with Gasteiger partial charge in [0, 0.05) is 6.07 Å². The number of hydrogen-bond donors (Lipinski definition) is 2. The lowest BCUT2D eigenvalue weighted by atomic mass is 9.98. The molecule has 0 radical (unpaired) electrons. The maximum absolute atomic E-state index is 11.7. The van der Waals surface area contributed by atoms with Crippen molar-refractivity contribution in [1.29, 1.82) is 0 Å². The molecule has 0 aliphatic carbocycles. The number of carbonyl (C=O) groups is 2. The maximum atomic E-state index is 11.7. The zero-order valence-corrected chi connectivity index (χ0v) is 11.1. The summed E-state index contributed by atoms with van der Waals surface area (Å²) < 4.78 is 9.67. The van der Waals surface area contributed by atoms with Crippen molar-refractivity contribution >= 4 is 12.0 Å². The third-order valence-corrected chi connectivity index (χ3v) is 2.70. The second kappa shape index (κ2) is 6.77. The first-order valence-corrected chi connectivity index (χ1v) is 6.14. The van der Waals surface area contributed by atoms with Gasteiger partial charge in [-0.15, -0.1) is 0 Å². The molecular weight excluding hydrogens is 250 g/mol. The van der Waals surface area contributed by atoms with E-state index in [2.05, 4.69) is 15.0 Å². The Morgan fingerprint density at radius 2 is 2.32 bits per heavy atom. The fourth-order valence-corrected chi connectivity index (χ4v) is 1.66. The number of aromatic nitrogens is 1. The summed E-state index contributed by atoms with van der Waals surface area (Å²) >= 11 is 0. The first-order chi connectivity index (χ1) is 8.97. The van der Waals surface area contributed by atoms with Crippen molar-refractivity contribution in [2.75, 3.05) is 6.54 Å². The van der Waals surface area contributed by atoms with Crippen LogP contribution >= 0.6 is 0 Å². The largest absolute Gasteiger partial charge is 0.442 e. The molecule has 0 aromatic carbocycles. The number of nitrogens with one attached hydrogen (secondary N) is 1. The second-order valence-corrected chi connectivity index (χ2v) is 4.54. The minimum absolute atomic E-state index is 0.168. The second-order valence-electron chi connectivity index (χ2n) is 4.54. The number of ether oxygens (including phenoxy) is 1. The Morgan fingerprint density at radius 3 is 2.84 bits per heavy atom. The van der Waals surface area contributed by atoms with Gasteiger partial charge < -0.3 is 20.3 Å². The van der Waals surface area contributed by atoms with Gasteiger partial charge in [-0.3, -0.25) is 4.79 Å². The number of unbranched alkanes of at least 4 members (excludes halogenated alkanes) is 1. The molecule has 1 aromatic rings. The molecule has 1 heterocycles. The van der Waals surface area contributed by atoms with Crippen LogP contribution in [-0.4, -0.2) is 29.3 Å². The van der Waals surface area contributed by atoms with E-state index >= 15 is 0 Å². The Labute approximate surface area is 111 Å². The maximum Gasteiger partial charge on any atom is 0.405 e. The monoisotopic (exact) mass is 269 g/mol. The summed E-state index contributed by atoms with van der Waals surface area (Å²) in [5.74, 6) is -0.385. The van der Waals surface area contributed by atoms with Gasteiger partial charge in [-0.2, -0.15) is 0 Å². The molecule has 1 aromatic heterocycles. The minimum Gasteiger partial charge on any atom is -0.442 e. The Bertz CT molecular complexity index is 419. The molecule has 7 heteroatoms. The van der Waals surface area contributed by atoms with Gasteiger partial charge in [0.2, 0.25) is 0 Å². The molecule has 19 heavy (non-hydrogen) atoms. The van der Waals surface area contributed by atoms with Gasteiger partial charge in [0.05, 0.1) is 6.54 Å². The average Bonchev–Trinajstić information content (AvgIpc) is 2.86. The third kappa shape index (κ3) is 4.99. The van der Waals surface area contributed by atoms with E-state index in [-0.39, 0.29) is 18.1 Å². The fraction of sp³-hybridized carbons (Fsp3) is 0.583. The standard InChI is InChI=1S/C12H19N3O4/c1-3-4-6-12(2,19-11(13)17)8-14-10(16)9-5-7-18-15-9/h5,7H,3-4,6,8H2,1-2H3,(H2,13,17)(H,14,16). The van der Waals surface area contributed by atoms with Crippen LogP contribution in [-0.2, 0) is 4.74 Å². The Hall–Kier alpha value is -2.05. The lowest BCUT2D eigenvalue weighted by molar-refractivity contribution is 0.0224. The molecule has 0 aliphatic heterocycles. The van der Waals surface area contributed by atoms with Crippen LogP contribution in [0.4, 0.5) is 4.79 Å². The summed E-state index contributed by atoms with van der Waals surface area (Å²) in [7, 11) is 0. The van der Waals surface area contributed by atoms with E-state index < -0.39 is 11.7 Å². The molecule has 1 unspecified atom stereocenters. The lowest BCUT2D eigenvalue weighted by Crippen LogP contribution is -2.45. The van der Waals surface area contributed by atoms with Gasteiger partial charge in [-0.05, 0) is 19.8 Å². The topological polar surface area (TPSA) is 107 Å². The molecular formula is C12H19N3O4. The first-order valence-electron chi connectivity index (χ1n) is 6.14. The number of carbonyl (C=O) groups excluding carboxylic acids is 2. The van der Waals surface area contributed by atoms with Crippen molar-refractivity contribution in [3.63, 3.8) is 0 Å². The highest BCUT2D eigenvalue weighted by atomic mass is 16.6. The number of hydrogen-bond acceptors (Lipinski definition) is 5. The highest BCUT2D eigenvalue weighted by Crippen LogP contribution is 2.18. The van der Waals surface area contributed by atoms with Crippen LogP contribution in [0.1, 0.15) is 43.6 Å². The molecule has 0 bridgehead atoms. The molecule has 0 saturated carbocycles. The van der Waals surface area contributed by atoms with Crippen LogP contribution in [0.25, 0.3) is 0 Å². The first kappa shape index (κ1) is 15.0. The molecule has 7 nitrogen and oxygen atoms in total. The third-order valence-electron chi connectivity index (χ3n) is 2.70. The highest BCUT2D eigenvalue weighted by molar-refractivity contribution is 5.92. The molecule has 106 valence electrons. The Kier molecular flexibility index (Phi) is 5.35. The van der Waals surface area contributed by atoms with Crippen LogP contribution in [0.2, 0.25) is 0 Å². The van der Waals surface area contributed by atoms with Crippen LogP contribution in [0.5, 0.6) is 0 Å². The summed E-state index contributed by atoms with van der Waals surface area (Å²) in [5, 5.41) is 6.17. The van der Waals surface area contributed by atoms with Gasteiger partial charge in [-0.1, -0.05) is 18.5 Å². The van der Waals surface area contributed by atoms with E-state index in [1.165, 1.54) is 12.3 Å². The van der Waals surface area contributed by atoms with Gasteiger partial charge in [0.25, 0.3) is 5.91 Å². The quantitative estimate of drug-likeness (QED) is 0.778. The van der Waals surface area contributed by atoms with E-state index in [0.29, 0.717) is 6.42 Å². The zero-order chi connectivity index (χ0) is 14.3. The molecule has 0 saturated heterocycles. The predicted molar refractivity (Wildman–Crippen MR) is 67.4 cm³/mol. The average molecular weight is 269 g/mol. The molecule has 0 aliphatic rings. The van der Waals surface area contributed by atoms with E-state index in [0.717, 1.165) is 12.8 Å². The van der Waals surface area contributed by atoms with E-state index in [1.807, 2.05) is 6.92 Å². The van der Waals surface area contributed by atoms with Gasteiger partial charge >= 0.3 is 6.09 Å². The molecule has 3 N–H and O–H groups in total. The number of nitrogens with two attached hydrogens (primary N) is 1. The van der Waals surface area contributed by atoms with E-state index in [9.17, 15) is 9.59 Å². The van der Waals surface area contributed by atoms with Crippen molar-refractivity contribution in [2.24, 2.45) is 5.73 Å². The van der Waals surface area contributed by atoms with Crippen molar-refractivity contribution in [3.8, 4) is 0 Å². The summed E-state index contributed by atoms with van der Waals surface area (Å²) in [6.45, 7) is 3.93. The number of nitrogens with zero attached hydrogens (tertiary/aromatic N) is 1. The molecule has 0 fully saturated rings. The number of rotatable bonds is 7. The van der Waals surface area contributed by atoms with Crippen molar-refractivity contribution in [1.82, 2.24) is 10.5 Å². The van der Waals surface area contributed by atoms with E-state index in [1.54, 1.807) is 6.92 Å². The van der Waals surface area contributed by atoms with Gasteiger partial charge in [0.1, 0.15) is 11.9 Å². The molecule has 0 spiro atoms. The predicted octanol–water partition coefficient (Wildman–Crippen LogP) is 1.45. The normalized spacial score (nSPS) is 13.6. The summed E-state index contributed by atoms with van der Waals surface area (Å²) in [6.07, 6.45) is 2.89. The van der Waals surface area contributed by atoms with Crippen LogP contribution in [0.15, 0.2) is 16.9 Å². The zero-order valence-electron chi connectivity index (χ0n) is 11.1. The Balaban J connectivity index is 2.57. The highest BCUT2D eigenvalue weighted by Gasteiger charge is 2.28. The van der Waals surface area contributed by atoms with E-state index in [4.69, 9.17) is 10.5 Å². The summed E-state index contributed by atoms with van der Waals surface area (Å²) in [6, 6.07) is 1.45. The number of primary amides is 1. The lowest BCUT2D eigenvalue weighted by Gasteiger charge is -2.28. The molecule has 1 atom stereocenters. The molecule has 2 amide bonds. The van der Waals surface area contributed by atoms with Crippen molar-refractivity contribution in [3.05, 3.63) is 18.0 Å². The summed E-state index contributed by atoms with van der Waals surface area (Å²) in [4.78, 5) is 22.6. The van der Waals surface area contributed by atoms with Gasteiger partial charge in [-0.25, -0.2) is 4.79 Å². The SMILES string of the molecule is CCCCC(C)(CNC(=O)c1ccon1)OC(N)=O. The van der Waals surface area contributed by atoms with Crippen LogP contribution in [0.3, 0.4) is 0 Å². The Morgan fingerprint density at radius 1 is 1.58 bits per heavy atom. The van der Waals surface area contributed by atoms with Gasteiger partial charge in [0.15, 0.2) is 5.69 Å². The fourth-order valence-electron chi connectivity index (χ4n) is 1.66. The van der Waals surface area contributed by atoms with Crippen molar-refractivity contribution < 1.29 is 18.8 Å². The minimum atomic E-state index is -0.853. The molecule has 1 rings (SSSR count). The smallest absolute Gasteiger partial charge is 0.405 e.